The van der Waals surface area contributed by atoms with E-state index in [9.17, 15) is 9.59 Å². The fourth-order valence-corrected chi connectivity index (χ4v) is 3.89. The zero-order valence-electron chi connectivity index (χ0n) is 12.8. The van der Waals surface area contributed by atoms with Gasteiger partial charge in [-0.25, -0.2) is 0 Å². The fraction of sp³-hybridized carbons (Fsp3) is 0.556. The van der Waals surface area contributed by atoms with Gasteiger partial charge in [0.05, 0.1) is 0 Å². The molecule has 2 fully saturated rings. The van der Waals surface area contributed by atoms with Crippen LogP contribution >= 0.6 is 0 Å². The number of carbonyl (C=O) groups is 2. The molecule has 1 aromatic carbocycles. The molecule has 2 aliphatic carbocycles. The van der Waals surface area contributed by atoms with Gasteiger partial charge in [0, 0.05) is 13.0 Å². The van der Waals surface area contributed by atoms with E-state index in [1.54, 1.807) is 0 Å². The van der Waals surface area contributed by atoms with Crippen LogP contribution in [0.15, 0.2) is 30.3 Å². The van der Waals surface area contributed by atoms with E-state index in [-0.39, 0.29) is 18.5 Å². The quantitative estimate of drug-likeness (QED) is 0.822. The number of carbonyl (C=O) groups excluding carboxylic acids is 2. The smallest absolute Gasteiger partial charge is 0.306 e. The summed E-state index contributed by atoms with van der Waals surface area (Å²) in [5, 5.41) is 2.76. The van der Waals surface area contributed by atoms with Gasteiger partial charge in [-0.3, -0.25) is 9.59 Å². The third-order valence-electron chi connectivity index (χ3n) is 5.01. The maximum atomic E-state index is 11.9. The third kappa shape index (κ3) is 3.87. The van der Waals surface area contributed by atoms with Crippen LogP contribution in [0.5, 0.6) is 0 Å². The molecule has 1 aromatic rings. The molecule has 2 bridgehead atoms. The number of nitrogens with one attached hydrogen (secondary N) is 1. The van der Waals surface area contributed by atoms with Gasteiger partial charge in [-0.05, 0) is 42.6 Å². The molecule has 0 saturated heterocycles. The maximum Gasteiger partial charge on any atom is 0.306 e. The topological polar surface area (TPSA) is 55.4 Å². The average Bonchev–Trinajstić information content (AvgIpc) is 3.14. The van der Waals surface area contributed by atoms with Gasteiger partial charge >= 0.3 is 5.97 Å². The van der Waals surface area contributed by atoms with Crippen molar-refractivity contribution in [2.75, 3.05) is 6.61 Å². The molecule has 1 amide bonds. The summed E-state index contributed by atoms with van der Waals surface area (Å²) in [6, 6.07) is 9.68. The highest BCUT2D eigenvalue weighted by Gasteiger charge is 2.40. The first-order valence-electron chi connectivity index (χ1n) is 8.17. The molecule has 2 aliphatic rings. The van der Waals surface area contributed by atoms with Crippen LogP contribution in [0.3, 0.4) is 0 Å². The maximum absolute atomic E-state index is 11.9. The normalized spacial score (nSPS) is 25.9. The number of hydrogen-bond acceptors (Lipinski definition) is 3. The molecule has 118 valence electrons. The van der Waals surface area contributed by atoms with Crippen LogP contribution in [-0.4, -0.2) is 18.5 Å². The molecular formula is C18H23NO3. The number of benzene rings is 1. The molecule has 0 heterocycles. The van der Waals surface area contributed by atoms with Gasteiger partial charge in [-0.1, -0.05) is 36.8 Å². The molecule has 0 unspecified atom stereocenters. The van der Waals surface area contributed by atoms with Crippen molar-refractivity contribution in [1.82, 2.24) is 5.32 Å². The minimum absolute atomic E-state index is 0.174. The van der Waals surface area contributed by atoms with E-state index < -0.39 is 0 Å². The summed E-state index contributed by atoms with van der Waals surface area (Å²) in [6.07, 6.45) is 5.53. The Morgan fingerprint density at radius 3 is 2.64 bits per heavy atom. The van der Waals surface area contributed by atoms with Crippen LogP contribution in [0.1, 0.15) is 37.7 Å². The standard InChI is InChI=1S/C18H23NO3/c20-17(19-11-13-4-2-1-3-5-13)12-22-18(21)10-16-9-14-6-7-15(16)8-14/h1-5,14-16H,6-12H2,(H,19,20)/t14-,15+,16+/m0/s1. The Kier molecular flexibility index (Phi) is 4.76. The van der Waals surface area contributed by atoms with Crippen molar-refractivity contribution in [3.8, 4) is 0 Å². The molecule has 0 radical (unpaired) electrons. The van der Waals surface area contributed by atoms with Crippen molar-refractivity contribution < 1.29 is 14.3 Å². The van der Waals surface area contributed by atoms with Gasteiger partial charge in [-0.15, -0.1) is 0 Å². The fourth-order valence-electron chi connectivity index (χ4n) is 3.89. The first-order chi connectivity index (χ1) is 10.7. The van der Waals surface area contributed by atoms with E-state index in [2.05, 4.69) is 5.32 Å². The SMILES string of the molecule is O=C(COC(=O)C[C@H]1C[C@H]2CC[C@@H]1C2)NCc1ccccc1. The van der Waals surface area contributed by atoms with E-state index in [4.69, 9.17) is 4.74 Å². The number of ether oxygens (including phenoxy) is 1. The van der Waals surface area contributed by atoms with E-state index >= 15 is 0 Å². The molecule has 3 rings (SSSR count). The van der Waals surface area contributed by atoms with Gasteiger partial charge < -0.3 is 10.1 Å². The lowest BCUT2D eigenvalue weighted by Gasteiger charge is -2.20. The van der Waals surface area contributed by atoms with Crippen molar-refractivity contribution in [1.29, 1.82) is 0 Å². The van der Waals surface area contributed by atoms with Crippen molar-refractivity contribution >= 4 is 11.9 Å². The molecule has 2 saturated carbocycles. The highest BCUT2D eigenvalue weighted by Crippen LogP contribution is 2.49. The summed E-state index contributed by atoms with van der Waals surface area (Å²) in [4.78, 5) is 23.5. The zero-order chi connectivity index (χ0) is 15.4. The Balaban J connectivity index is 1.33. The van der Waals surface area contributed by atoms with Gasteiger partial charge in [-0.2, -0.15) is 0 Å². The third-order valence-corrected chi connectivity index (χ3v) is 5.01. The molecule has 3 atom stereocenters. The van der Waals surface area contributed by atoms with Crippen molar-refractivity contribution in [3.63, 3.8) is 0 Å². The molecule has 0 aromatic heterocycles. The largest absolute Gasteiger partial charge is 0.456 e. The Bertz CT molecular complexity index is 528. The molecule has 0 aliphatic heterocycles. The van der Waals surface area contributed by atoms with E-state index in [0.29, 0.717) is 24.8 Å². The average molecular weight is 301 g/mol. The zero-order valence-corrected chi connectivity index (χ0v) is 12.8. The van der Waals surface area contributed by atoms with Crippen LogP contribution < -0.4 is 5.32 Å². The number of hydrogen-bond donors (Lipinski definition) is 1. The number of fused-ring (bicyclic) bond motifs is 2. The first kappa shape index (κ1) is 15.1. The lowest BCUT2D eigenvalue weighted by molar-refractivity contribution is -0.149. The van der Waals surface area contributed by atoms with Crippen LogP contribution in [0, 0.1) is 17.8 Å². The van der Waals surface area contributed by atoms with Crippen molar-refractivity contribution in [3.05, 3.63) is 35.9 Å². The summed E-state index contributed by atoms with van der Waals surface area (Å²) in [5.41, 5.74) is 1.03. The number of esters is 1. The summed E-state index contributed by atoms with van der Waals surface area (Å²) in [6.45, 7) is 0.288. The van der Waals surface area contributed by atoms with Crippen LogP contribution in [-0.2, 0) is 20.9 Å². The van der Waals surface area contributed by atoms with Crippen LogP contribution in [0.25, 0.3) is 0 Å². The monoisotopic (exact) mass is 301 g/mol. The summed E-state index contributed by atoms with van der Waals surface area (Å²) in [7, 11) is 0. The van der Waals surface area contributed by atoms with E-state index in [1.165, 1.54) is 25.7 Å². The Morgan fingerprint density at radius 1 is 1.14 bits per heavy atom. The lowest BCUT2D eigenvalue weighted by atomic mass is 9.86. The Labute approximate surface area is 131 Å². The minimum Gasteiger partial charge on any atom is -0.456 e. The summed E-state index contributed by atoms with van der Waals surface area (Å²) in [5.74, 6) is 1.55. The minimum atomic E-state index is -0.245. The molecule has 4 heteroatoms. The molecule has 0 spiro atoms. The highest BCUT2D eigenvalue weighted by atomic mass is 16.5. The first-order valence-corrected chi connectivity index (χ1v) is 8.17. The molecular weight excluding hydrogens is 278 g/mol. The van der Waals surface area contributed by atoms with Crippen LogP contribution in [0.4, 0.5) is 0 Å². The highest BCUT2D eigenvalue weighted by molar-refractivity contribution is 5.80. The number of amides is 1. The van der Waals surface area contributed by atoms with E-state index in [1.807, 2.05) is 30.3 Å². The van der Waals surface area contributed by atoms with E-state index in [0.717, 1.165) is 11.5 Å². The second-order valence-corrected chi connectivity index (χ2v) is 6.56. The van der Waals surface area contributed by atoms with Gasteiger partial charge in [0.15, 0.2) is 6.61 Å². The molecule has 4 nitrogen and oxygen atoms in total. The predicted octanol–water partition coefficient (Wildman–Crippen LogP) is 2.67. The van der Waals surface area contributed by atoms with Crippen LogP contribution in [0.2, 0.25) is 0 Å². The second-order valence-electron chi connectivity index (χ2n) is 6.56. The molecule has 22 heavy (non-hydrogen) atoms. The predicted molar refractivity (Wildman–Crippen MR) is 82.8 cm³/mol. The summed E-state index contributed by atoms with van der Waals surface area (Å²) >= 11 is 0. The second kappa shape index (κ2) is 6.95. The molecule has 1 N–H and O–H groups in total. The van der Waals surface area contributed by atoms with Gasteiger partial charge in [0.25, 0.3) is 5.91 Å². The van der Waals surface area contributed by atoms with Gasteiger partial charge in [0.2, 0.25) is 0 Å². The van der Waals surface area contributed by atoms with Crippen molar-refractivity contribution in [2.24, 2.45) is 17.8 Å². The van der Waals surface area contributed by atoms with Gasteiger partial charge in [0.1, 0.15) is 0 Å². The lowest BCUT2D eigenvalue weighted by Crippen LogP contribution is -2.29. The Morgan fingerprint density at radius 2 is 1.95 bits per heavy atom. The number of rotatable bonds is 6. The summed E-state index contributed by atoms with van der Waals surface area (Å²) < 4.78 is 5.11. The van der Waals surface area contributed by atoms with Crippen molar-refractivity contribution in [2.45, 2.75) is 38.6 Å². The Hall–Kier alpha value is -1.84.